The van der Waals surface area contributed by atoms with Gasteiger partial charge in [-0.3, -0.25) is 13.7 Å². The molecule has 43 heavy (non-hydrogen) atoms. The van der Waals surface area contributed by atoms with Crippen LogP contribution in [0, 0.1) is 0 Å². The standard InChI is InChI=1S/3C10H8O3S.Al/c3*11-14(12,13)10-6-5-8-3-1-2-4-9(8)7-10;/h3*1-7H,(H,11,12,13);. The first-order valence-electron chi connectivity index (χ1n) is 12.1. The zero-order chi connectivity index (χ0) is 30.5. The molecule has 0 aliphatic carbocycles. The highest BCUT2D eigenvalue weighted by Gasteiger charge is 2.10. The molecule has 219 valence electrons. The number of hydrogen-bond acceptors (Lipinski definition) is 6. The van der Waals surface area contributed by atoms with E-state index in [9.17, 15) is 25.3 Å². The predicted molar refractivity (Wildman–Crippen MR) is 167 cm³/mol. The van der Waals surface area contributed by atoms with Gasteiger partial charge in [0, 0.05) is 17.4 Å². The molecule has 6 aromatic carbocycles. The normalized spacial score (nSPS) is 11.5. The molecule has 0 amide bonds. The van der Waals surface area contributed by atoms with E-state index in [1.54, 1.807) is 36.4 Å². The molecule has 0 atom stereocenters. The van der Waals surface area contributed by atoms with Gasteiger partial charge in [0.15, 0.2) is 0 Å². The van der Waals surface area contributed by atoms with E-state index in [4.69, 9.17) is 13.7 Å². The van der Waals surface area contributed by atoms with Gasteiger partial charge in [-0.1, -0.05) is 91.0 Å². The van der Waals surface area contributed by atoms with Crippen molar-refractivity contribution >= 4 is 80.0 Å². The lowest BCUT2D eigenvalue weighted by Crippen LogP contribution is -1.97. The Bertz CT molecular complexity index is 1980. The Labute approximate surface area is 259 Å². The Morgan fingerprint density at radius 3 is 0.744 bits per heavy atom. The van der Waals surface area contributed by atoms with E-state index in [1.165, 1.54) is 36.4 Å². The van der Waals surface area contributed by atoms with E-state index < -0.39 is 30.4 Å². The lowest BCUT2D eigenvalue weighted by Gasteiger charge is -1.99. The molecule has 0 unspecified atom stereocenters. The Morgan fingerprint density at radius 2 is 0.535 bits per heavy atom. The molecule has 0 saturated carbocycles. The van der Waals surface area contributed by atoms with Gasteiger partial charge in [-0.25, -0.2) is 0 Å². The molecule has 6 aromatic rings. The first kappa shape index (κ1) is 33.9. The minimum absolute atomic E-state index is 0. The van der Waals surface area contributed by atoms with Crippen LogP contribution in [0.2, 0.25) is 0 Å². The van der Waals surface area contributed by atoms with E-state index in [1.807, 2.05) is 54.6 Å². The Morgan fingerprint density at radius 1 is 0.326 bits per heavy atom. The average molecular weight is 652 g/mol. The maximum atomic E-state index is 10.8. The molecular weight excluding hydrogens is 628 g/mol. The highest BCUT2D eigenvalue weighted by Crippen LogP contribution is 2.20. The summed E-state index contributed by atoms with van der Waals surface area (Å²) in [6.07, 6.45) is 0. The van der Waals surface area contributed by atoms with Crippen molar-refractivity contribution in [2.24, 2.45) is 0 Å². The molecule has 3 N–H and O–H groups in total. The van der Waals surface area contributed by atoms with Gasteiger partial charge in [0.25, 0.3) is 30.4 Å². The van der Waals surface area contributed by atoms with Crippen molar-refractivity contribution in [3.8, 4) is 0 Å². The minimum Gasteiger partial charge on any atom is -0.282 e. The summed E-state index contributed by atoms with van der Waals surface area (Å²) in [5.74, 6) is 0. The zero-order valence-electron chi connectivity index (χ0n) is 22.2. The SMILES string of the molecule is O=S(=O)(O)c1ccc2ccccc2c1.O=S(=O)(O)c1ccc2ccccc2c1.O=S(=O)(O)c1ccc2ccccc2c1.[Al]. The molecular formula is C30H24AlO9S3. The molecule has 0 bridgehead atoms. The van der Waals surface area contributed by atoms with Crippen LogP contribution in [0.5, 0.6) is 0 Å². The van der Waals surface area contributed by atoms with Gasteiger partial charge in [0.1, 0.15) is 0 Å². The van der Waals surface area contributed by atoms with Crippen LogP contribution >= 0.6 is 0 Å². The second kappa shape index (κ2) is 13.8. The lowest BCUT2D eigenvalue weighted by molar-refractivity contribution is 0.481. The molecule has 0 aromatic heterocycles. The van der Waals surface area contributed by atoms with Crippen molar-refractivity contribution in [2.45, 2.75) is 14.7 Å². The van der Waals surface area contributed by atoms with Gasteiger partial charge in [0.05, 0.1) is 14.7 Å². The van der Waals surface area contributed by atoms with Crippen LogP contribution in [0.4, 0.5) is 0 Å². The Hall–Kier alpha value is -3.64. The Balaban J connectivity index is 0.000000175. The van der Waals surface area contributed by atoms with Gasteiger partial charge in [-0.2, -0.15) is 25.3 Å². The fourth-order valence-corrected chi connectivity index (χ4v) is 5.53. The van der Waals surface area contributed by atoms with E-state index >= 15 is 0 Å². The van der Waals surface area contributed by atoms with Crippen LogP contribution in [0.1, 0.15) is 0 Å². The second-order valence-electron chi connectivity index (χ2n) is 8.95. The number of hydrogen-bond donors (Lipinski definition) is 3. The summed E-state index contributed by atoms with van der Waals surface area (Å²) < 4.78 is 91.5. The monoisotopic (exact) mass is 651 g/mol. The van der Waals surface area contributed by atoms with Crippen LogP contribution in [0.15, 0.2) is 142 Å². The van der Waals surface area contributed by atoms with Crippen molar-refractivity contribution < 1.29 is 38.9 Å². The average Bonchev–Trinajstić information content (AvgIpc) is 2.95. The molecule has 0 fully saturated rings. The van der Waals surface area contributed by atoms with E-state index in [0.717, 1.165) is 32.3 Å². The highest BCUT2D eigenvalue weighted by molar-refractivity contribution is 7.86. The summed E-state index contributed by atoms with van der Waals surface area (Å²) in [6, 6.07) is 35.6. The second-order valence-corrected chi connectivity index (χ2v) is 13.2. The molecule has 0 aliphatic heterocycles. The van der Waals surface area contributed by atoms with Crippen LogP contribution in [0.3, 0.4) is 0 Å². The molecule has 3 radical (unpaired) electrons. The third kappa shape index (κ3) is 9.17. The molecule has 0 aliphatic rings. The van der Waals surface area contributed by atoms with E-state index in [2.05, 4.69) is 0 Å². The van der Waals surface area contributed by atoms with Crippen LogP contribution in [-0.4, -0.2) is 56.3 Å². The van der Waals surface area contributed by atoms with Crippen molar-refractivity contribution in [3.63, 3.8) is 0 Å². The maximum Gasteiger partial charge on any atom is 0.294 e. The van der Waals surface area contributed by atoms with Gasteiger partial charge in [-0.05, 0) is 68.7 Å². The molecule has 0 saturated heterocycles. The summed E-state index contributed by atoms with van der Waals surface area (Å²) >= 11 is 0. The quantitative estimate of drug-likeness (QED) is 0.157. The van der Waals surface area contributed by atoms with Crippen molar-refractivity contribution in [2.75, 3.05) is 0 Å². The summed E-state index contributed by atoms with van der Waals surface area (Å²) in [4.78, 5) is -0.219. The summed E-state index contributed by atoms with van der Waals surface area (Å²) in [5.41, 5.74) is 0. The number of rotatable bonds is 3. The molecule has 9 nitrogen and oxygen atoms in total. The predicted octanol–water partition coefficient (Wildman–Crippen LogP) is 5.88. The topological polar surface area (TPSA) is 163 Å². The zero-order valence-corrected chi connectivity index (χ0v) is 25.8. The first-order valence-corrected chi connectivity index (χ1v) is 16.4. The van der Waals surface area contributed by atoms with E-state index in [-0.39, 0.29) is 32.0 Å². The lowest BCUT2D eigenvalue weighted by atomic mass is 10.1. The highest BCUT2D eigenvalue weighted by atomic mass is 32.2. The first-order chi connectivity index (χ1) is 19.7. The summed E-state index contributed by atoms with van der Waals surface area (Å²) in [5, 5.41) is 5.22. The molecule has 0 heterocycles. The van der Waals surface area contributed by atoms with Gasteiger partial charge in [0.2, 0.25) is 0 Å². The van der Waals surface area contributed by atoms with Crippen LogP contribution in [0.25, 0.3) is 32.3 Å². The van der Waals surface area contributed by atoms with Gasteiger partial charge in [-0.15, -0.1) is 0 Å². The van der Waals surface area contributed by atoms with Crippen molar-refractivity contribution in [1.82, 2.24) is 0 Å². The van der Waals surface area contributed by atoms with Crippen molar-refractivity contribution in [1.29, 1.82) is 0 Å². The smallest absolute Gasteiger partial charge is 0.282 e. The maximum absolute atomic E-state index is 10.8. The molecule has 0 spiro atoms. The number of fused-ring (bicyclic) bond motifs is 3. The molecule has 13 heteroatoms. The van der Waals surface area contributed by atoms with E-state index in [0.29, 0.717) is 0 Å². The fraction of sp³-hybridized carbons (Fsp3) is 0. The third-order valence-electron chi connectivity index (χ3n) is 6.06. The third-order valence-corrected chi connectivity index (χ3v) is 8.61. The largest absolute Gasteiger partial charge is 0.294 e. The number of benzene rings is 6. The summed E-state index contributed by atoms with van der Waals surface area (Å²) in [6.45, 7) is 0. The van der Waals surface area contributed by atoms with Gasteiger partial charge < -0.3 is 0 Å². The van der Waals surface area contributed by atoms with Crippen molar-refractivity contribution in [3.05, 3.63) is 127 Å². The minimum atomic E-state index is -4.09. The van der Waals surface area contributed by atoms with Crippen LogP contribution in [-0.2, 0) is 30.4 Å². The Kier molecular flexibility index (Phi) is 10.8. The molecule has 6 rings (SSSR count). The van der Waals surface area contributed by atoms with Gasteiger partial charge >= 0.3 is 0 Å². The fourth-order valence-electron chi connectivity index (χ4n) is 3.98. The van der Waals surface area contributed by atoms with Crippen LogP contribution < -0.4 is 0 Å². The summed E-state index contributed by atoms with van der Waals surface area (Å²) in [7, 11) is -12.3.